The molecule has 124 valence electrons. The van der Waals surface area contributed by atoms with Crippen molar-refractivity contribution in [2.24, 2.45) is 0 Å². The molecule has 0 unspecified atom stereocenters. The highest BCUT2D eigenvalue weighted by Crippen LogP contribution is 2.38. The Morgan fingerprint density at radius 2 is 1.42 bits per heavy atom. The van der Waals surface area contributed by atoms with Crippen LogP contribution in [0.2, 0.25) is 0 Å². The topological polar surface area (TPSA) is 38.0 Å². The maximum absolute atomic E-state index is 10.8. The van der Waals surface area contributed by atoms with Crippen molar-refractivity contribution in [2.75, 3.05) is 0 Å². The number of benzene rings is 2. The van der Waals surface area contributed by atoms with Crippen LogP contribution < -0.4 is 0 Å². The lowest BCUT2D eigenvalue weighted by molar-refractivity contribution is 0.395. The first-order chi connectivity index (χ1) is 11.6. The fourth-order valence-electron chi connectivity index (χ4n) is 2.82. The summed E-state index contributed by atoms with van der Waals surface area (Å²) in [5.74, 6) is 0.253. The van der Waals surface area contributed by atoms with Crippen molar-refractivity contribution in [1.29, 1.82) is 0 Å². The molecule has 3 nitrogen and oxygen atoms in total. The molecule has 24 heavy (non-hydrogen) atoms. The van der Waals surface area contributed by atoms with Crippen molar-refractivity contribution in [2.45, 2.75) is 40.2 Å². The Morgan fingerprint density at radius 3 is 1.96 bits per heavy atom. The van der Waals surface area contributed by atoms with Crippen LogP contribution >= 0.6 is 0 Å². The van der Waals surface area contributed by atoms with Gasteiger partial charge in [-0.15, -0.1) is 0 Å². The van der Waals surface area contributed by atoms with Gasteiger partial charge in [-0.2, -0.15) is 5.10 Å². The molecule has 0 atom stereocenters. The highest BCUT2D eigenvalue weighted by atomic mass is 16.3. The van der Waals surface area contributed by atoms with Crippen molar-refractivity contribution in [3.8, 4) is 28.3 Å². The summed E-state index contributed by atoms with van der Waals surface area (Å²) < 4.78 is 1.73. The third-order valence-electron chi connectivity index (χ3n) is 4.31. The number of aryl methyl sites for hydroxylation is 3. The largest absolute Gasteiger partial charge is 0.493 e. The maximum atomic E-state index is 10.8. The van der Waals surface area contributed by atoms with E-state index >= 15 is 0 Å². The summed E-state index contributed by atoms with van der Waals surface area (Å²) in [5, 5.41) is 15.5. The standard InChI is InChI=1S/C21H24N2O/c1-4-5-14-23-21(24)19(17-10-6-15(2)7-11-17)20(22-23)18-12-8-16(3)9-13-18/h6-13,24H,4-5,14H2,1-3H3. The van der Waals surface area contributed by atoms with Gasteiger partial charge in [0.1, 0.15) is 5.69 Å². The summed E-state index contributed by atoms with van der Waals surface area (Å²) in [6.45, 7) is 7.01. The Balaban J connectivity index is 2.15. The SMILES string of the molecule is CCCCn1nc(-c2ccc(C)cc2)c(-c2ccc(C)cc2)c1O. The number of unbranched alkanes of at least 4 members (excludes halogenated alkanes) is 1. The van der Waals surface area contributed by atoms with E-state index in [2.05, 4.69) is 57.2 Å². The van der Waals surface area contributed by atoms with Gasteiger partial charge in [0.15, 0.2) is 0 Å². The van der Waals surface area contributed by atoms with Crippen molar-refractivity contribution in [3.05, 3.63) is 59.7 Å². The molecule has 1 heterocycles. The molecule has 0 aliphatic carbocycles. The molecule has 0 saturated heterocycles. The average molecular weight is 320 g/mol. The highest BCUT2D eigenvalue weighted by molar-refractivity contribution is 5.84. The van der Waals surface area contributed by atoms with E-state index in [0.29, 0.717) is 0 Å². The second-order valence-electron chi connectivity index (χ2n) is 6.36. The van der Waals surface area contributed by atoms with Crippen LogP contribution in [0, 0.1) is 13.8 Å². The second kappa shape index (κ2) is 6.91. The minimum Gasteiger partial charge on any atom is -0.493 e. The monoisotopic (exact) mass is 320 g/mol. The summed E-state index contributed by atoms with van der Waals surface area (Å²) in [6, 6.07) is 16.5. The summed E-state index contributed by atoms with van der Waals surface area (Å²) >= 11 is 0. The van der Waals surface area contributed by atoms with Crippen molar-refractivity contribution >= 4 is 0 Å². The molecule has 0 radical (unpaired) electrons. The lowest BCUT2D eigenvalue weighted by Gasteiger charge is -2.05. The van der Waals surface area contributed by atoms with Gasteiger partial charge in [-0.05, 0) is 25.8 Å². The average Bonchev–Trinajstić information content (AvgIpc) is 2.91. The number of rotatable bonds is 5. The summed E-state index contributed by atoms with van der Waals surface area (Å²) in [4.78, 5) is 0. The first kappa shape index (κ1) is 16.3. The normalized spacial score (nSPS) is 11.0. The smallest absolute Gasteiger partial charge is 0.218 e. The van der Waals surface area contributed by atoms with Crippen LogP contribution in [0.5, 0.6) is 5.88 Å². The summed E-state index contributed by atoms with van der Waals surface area (Å²) in [6.07, 6.45) is 2.06. The van der Waals surface area contributed by atoms with E-state index < -0.39 is 0 Å². The molecule has 0 saturated carbocycles. The molecule has 1 aromatic heterocycles. The molecule has 0 bridgehead atoms. The fourth-order valence-corrected chi connectivity index (χ4v) is 2.82. The van der Waals surface area contributed by atoms with Crippen LogP contribution in [0.3, 0.4) is 0 Å². The van der Waals surface area contributed by atoms with E-state index in [4.69, 9.17) is 5.10 Å². The minimum atomic E-state index is 0.253. The van der Waals surface area contributed by atoms with Crippen LogP contribution in [-0.4, -0.2) is 14.9 Å². The second-order valence-corrected chi connectivity index (χ2v) is 6.36. The first-order valence-electron chi connectivity index (χ1n) is 8.54. The van der Waals surface area contributed by atoms with Gasteiger partial charge in [0.05, 0.1) is 5.56 Å². The van der Waals surface area contributed by atoms with Crippen LogP contribution in [0.4, 0.5) is 0 Å². The van der Waals surface area contributed by atoms with Crippen LogP contribution in [0.25, 0.3) is 22.4 Å². The van der Waals surface area contributed by atoms with Gasteiger partial charge in [0.2, 0.25) is 5.88 Å². The van der Waals surface area contributed by atoms with E-state index in [0.717, 1.165) is 41.8 Å². The summed E-state index contributed by atoms with van der Waals surface area (Å²) in [7, 11) is 0. The third kappa shape index (κ3) is 3.21. The van der Waals surface area contributed by atoms with Gasteiger partial charge in [0.25, 0.3) is 0 Å². The van der Waals surface area contributed by atoms with E-state index in [1.54, 1.807) is 4.68 Å². The van der Waals surface area contributed by atoms with Gasteiger partial charge in [-0.25, -0.2) is 4.68 Å². The Labute approximate surface area is 143 Å². The maximum Gasteiger partial charge on any atom is 0.218 e. The van der Waals surface area contributed by atoms with Gasteiger partial charge in [-0.3, -0.25) is 0 Å². The first-order valence-corrected chi connectivity index (χ1v) is 8.54. The van der Waals surface area contributed by atoms with Crippen LogP contribution in [-0.2, 0) is 6.54 Å². The Morgan fingerprint density at radius 1 is 0.875 bits per heavy atom. The molecule has 2 aromatic carbocycles. The van der Waals surface area contributed by atoms with E-state index in [-0.39, 0.29) is 5.88 Å². The van der Waals surface area contributed by atoms with Crippen molar-refractivity contribution < 1.29 is 5.11 Å². The Bertz CT molecular complexity index is 814. The zero-order chi connectivity index (χ0) is 17.1. The summed E-state index contributed by atoms with van der Waals surface area (Å²) in [5.41, 5.74) is 6.10. The molecular weight excluding hydrogens is 296 g/mol. The molecule has 0 spiro atoms. The van der Waals surface area contributed by atoms with E-state index in [1.807, 2.05) is 12.1 Å². The van der Waals surface area contributed by atoms with Gasteiger partial charge in [-0.1, -0.05) is 73.0 Å². The van der Waals surface area contributed by atoms with Crippen LogP contribution in [0.15, 0.2) is 48.5 Å². The van der Waals surface area contributed by atoms with Crippen molar-refractivity contribution in [1.82, 2.24) is 9.78 Å². The Hall–Kier alpha value is -2.55. The number of hydrogen-bond acceptors (Lipinski definition) is 2. The molecule has 3 heteroatoms. The fraction of sp³-hybridized carbons (Fsp3) is 0.286. The third-order valence-corrected chi connectivity index (χ3v) is 4.31. The molecule has 3 aromatic rings. The van der Waals surface area contributed by atoms with Crippen LogP contribution in [0.1, 0.15) is 30.9 Å². The van der Waals surface area contributed by atoms with Crippen molar-refractivity contribution in [3.63, 3.8) is 0 Å². The lowest BCUT2D eigenvalue weighted by atomic mass is 10.00. The molecule has 0 aliphatic rings. The zero-order valence-corrected chi connectivity index (χ0v) is 14.6. The lowest BCUT2D eigenvalue weighted by Crippen LogP contribution is -1.99. The number of nitrogens with zero attached hydrogens (tertiary/aromatic N) is 2. The quantitative estimate of drug-likeness (QED) is 0.689. The molecule has 0 fully saturated rings. The minimum absolute atomic E-state index is 0.253. The highest BCUT2D eigenvalue weighted by Gasteiger charge is 2.20. The van der Waals surface area contributed by atoms with Gasteiger partial charge >= 0.3 is 0 Å². The number of hydrogen-bond donors (Lipinski definition) is 1. The molecule has 0 amide bonds. The molecule has 0 aliphatic heterocycles. The molecular formula is C21H24N2O. The van der Waals surface area contributed by atoms with E-state index in [9.17, 15) is 5.11 Å². The molecule has 3 rings (SSSR count). The Kier molecular flexibility index (Phi) is 4.70. The molecule has 1 N–H and O–H groups in total. The predicted octanol–water partition coefficient (Wildman–Crippen LogP) is 5.34. The van der Waals surface area contributed by atoms with Gasteiger partial charge in [0, 0.05) is 12.1 Å². The van der Waals surface area contributed by atoms with E-state index in [1.165, 1.54) is 11.1 Å². The predicted molar refractivity (Wildman–Crippen MR) is 99.1 cm³/mol. The number of aromatic hydroxyl groups is 1. The number of aromatic nitrogens is 2. The zero-order valence-electron chi connectivity index (χ0n) is 14.6. The van der Waals surface area contributed by atoms with Gasteiger partial charge < -0.3 is 5.11 Å².